The van der Waals surface area contributed by atoms with Crippen LogP contribution in [0.2, 0.25) is 0 Å². The van der Waals surface area contributed by atoms with Crippen LogP contribution in [0.25, 0.3) is 10.9 Å². The van der Waals surface area contributed by atoms with E-state index in [2.05, 4.69) is 38.8 Å². The number of likely N-dealkylation sites (N-methyl/N-ethyl adjacent to an activating group) is 1. The Hall–Kier alpha value is -1.81. The van der Waals surface area contributed by atoms with Crippen LogP contribution >= 0.6 is 24.0 Å². The fourth-order valence-corrected chi connectivity index (χ4v) is 2.32. The number of hydrogen-bond acceptors (Lipinski definition) is 3. The number of benzene rings is 1. The molecule has 1 amide bonds. The predicted octanol–water partition coefficient (Wildman–Crippen LogP) is 1.60. The third-order valence-corrected chi connectivity index (χ3v) is 3.74. The first kappa shape index (κ1) is 22.2. The van der Waals surface area contributed by atoms with Gasteiger partial charge in [-0.3, -0.25) is 4.79 Å². The number of ether oxygens (including phenoxy) is 1. The zero-order chi connectivity index (χ0) is 18.1. The third-order valence-electron chi connectivity index (χ3n) is 3.74. The molecule has 7 nitrogen and oxygen atoms in total. The molecule has 0 atom stereocenters. The molecule has 0 bridgehead atoms. The summed E-state index contributed by atoms with van der Waals surface area (Å²) in [5.41, 5.74) is 2.30. The highest BCUT2D eigenvalue weighted by Crippen LogP contribution is 2.14. The Morgan fingerprint density at radius 1 is 1.23 bits per heavy atom. The van der Waals surface area contributed by atoms with E-state index in [9.17, 15) is 4.79 Å². The van der Waals surface area contributed by atoms with E-state index in [0.717, 1.165) is 17.6 Å². The molecular formula is C18H28IN5O2. The first-order valence-electron chi connectivity index (χ1n) is 8.38. The number of halogens is 1. The van der Waals surface area contributed by atoms with Crippen LogP contribution < -0.4 is 10.6 Å². The number of aromatic nitrogens is 1. The summed E-state index contributed by atoms with van der Waals surface area (Å²) in [6.07, 6.45) is 0.835. The van der Waals surface area contributed by atoms with Crippen LogP contribution in [0.1, 0.15) is 5.69 Å². The predicted molar refractivity (Wildman–Crippen MR) is 116 cm³/mol. The Balaban J connectivity index is 0.00000338. The van der Waals surface area contributed by atoms with Crippen molar-refractivity contribution in [3.05, 3.63) is 36.0 Å². The summed E-state index contributed by atoms with van der Waals surface area (Å²) in [7, 11) is 5.09. The summed E-state index contributed by atoms with van der Waals surface area (Å²) in [6, 6.07) is 10.4. The van der Waals surface area contributed by atoms with Gasteiger partial charge in [0.05, 0.1) is 6.61 Å². The monoisotopic (exact) mass is 473 g/mol. The number of amides is 1. The highest BCUT2D eigenvalue weighted by atomic mass is 127. The van der Waals surface area contributed by atoms with Gasteiger partial charge in [0.2, 0.25) is 5.91 Å². The minimum Gasteiger partial charge on any atom is -0.383 e. The molecule has 0 radical (unpaired) electrons. The topological polar surface area (TPSA) is 81.8 Å². The standard InChI is InChI=1S/C18H27N5O2.HI/c1-23(2)17(24)13-21-18(20-10-11-25-3)19-9-8-15-12-14-6-4-5-7-16(14)22-15;/h4-7,12,22H,8-11,13H2,1-3H3,(H2,19,20,21);1H. The molecule has 0 unspecified atom stereocenters. The van der Waals surface area contributed by atoms with E-state index in [-0.39, 0.29) is 36.4 Å². The van der Waals surface area contributed by atoms with Gasteiger partial charge >= 0.3 is 0 Å². The van der Waals surface area contributed by atoms with E-state index in [1.165, 1.54) is 10.3 Å². The summed E-state index contributed by atoms with van der Waals surface area (Å²) in [5, 5.41) is 7.63. The lowest BCUT2D eigenvalue weighted by Gasteiger charge is -2.13. The van der Waals surface area contributed by atoms with Crippen molar-refractivity contribution >= 4 is 46.7 Å². The zero-order valence-electron chi connectivity index (χ0n) is 15.5. The van der Waals surface area contributed by atoms with Gasteiger partial charge in [-0.15, -0.1) is 24.0 Å². The van der Waals surface area contributed by atoms with E-state index in [4.69, 9.17) is 4.74 Å². The molecule has 144 valence electrons. The number of nitrogens with one attached hydrogen (secondary N) is 3. The van der Waals surface area contributed by atoms with Crippen molar-refractivity contribution in [3.8, 4) is 0 Å². The molecule has 1 heterocycles. The molecule has 3 N–H and O–H groups in total. The summed E-state index contributed by atoms with van der Waals surface area (Å²) >= 11 is 0. The molecule has 0 aliphatic carbocycles. The van der Waals surface area contributed by atoms with E-state index in [1.807, 2.05) is 12.1 Å². The van der Waals surface area contributed by atoms with Gasteiger partial charge in [-0.05, 0) is 17.5 Å². The number of para-hydroxylation sites is 1. The summed E-state index contributed by atoms with van der Waals surface area (Å²) < 4.78 is 5.04. The number of fused-ring (bicyclic) bond motifs is 1. The Morgan fingerprint density at radius 3 is 2.65 bits per heavy atom. The number of hydrogen-bond donors (Lipinski definition) is 3. The number of rotatable bonds is 8. The first-order chi connectivity index (χ1) is 12.1. The molecular weight excluding hydrogens is 445 g/mol. The molecule has 1 aromatic carbocycles. The number of carbonyl (C=O) groups excluding carboxylic acids is 1. The Labute approximate surface area is 171 Å². The van der Waals surface area contributed by atoms with Crippen LogP contribution in [0.3, 0.4) is 0 Å². The highest BCUT2D eigenvalue weighted by molar-refractivity contribution is 14.0. The number of aliphatic imine (C=N–C) groups is 1. The minimum absolute atomic E-state index is 0. The fourth-order valence-electron chi connectivity index (χ4n) is 2.32. The maximum atomic E-state index is 11.7. The fraction of sp³-hybridized carbons (Fsp3) is 0.444. The van der Waals surface area contributed by atoms with Crippen LogP contribution in [-0.4, -0.2) is 69.2 Å². The second kappa shape index (κ2) is 11.7. The minimum atomic E-state index is -0.0385. The average molecular weight is 473 g/mol. The van der Waals surface area contributed by atoms with Gasteiger partial charge in [-0.25, -0.2) is 4.99 Å². The smallest absolute Gasteiger partial charge is 0.243 e. The quantitative estimate of drug-likeness (QED) is 0.236. The summed E-state index contributed by atoms with van der Waals surface area (Å²) in [4.78, 5) is 21.0. The van der Waals surface area contributed by atoms with Crippen LogP contribution in [-0.2, 0) is 16.0 Å². The highest BCUT2D eigenvalue weighted by Gasteiger charge is 2.05. The van der Waals surface area contributed by atoms with Gasteiger partial charge in [0.1, 0.15) is 6.54 Å². The SMILES string of the molecule is COCCNC(=NCC(=O)N(C)C)NCCc1cc2ccccc2[nH]1.I. The number of guanidine groups is 1. The van der Waals surface area contributed by atoms with Crippen LogP contribution in [0.4, 0.5) is 0 Å². The molecule has 0 saturated carbocycles. The Bertz CT molecular complexity index is 681. The molecule has 2 rings (SSSR count). The molecule has 0 fully saturated rings. The van der Waals surface area contributed by atoms with Gasteiger partial charge < -0.3 is 25.3 Å². The van der Waals surface area contributed by atoms with Crippen LogP contribution in [0.5, 0.6) is 0 Å². The molecule has 0 spiro atoms. The lowest BCUT2D eigenvalue weighted by Crippen LogP contribution is -2.40. The number of nitrogens with zero attached hydrogens (tertiary/aromatic N) is 2. The molecule has 1 aromatic heterocycles. The second-order valence-corrected chi connectivity index (χ2v) is 5.93. The van der Waals surface area contributed by atoms with Crippen molar-refractivity contribution in [2.45, 2.75) is 6.42 Å². The van der Waals surface area contributed by atoms with Crippen LogP contribution in [0, 0.1) is 0 Å². The maximum Gasteiger partial charge on any atom is 0.243 e. The Morgan fingerprint density at radius 2 is 1.96 bits per heavy atom. The van der Waals surface area contributed by atoms with Crippen molar-refractivity contribution in [3.63, 3.8) is 0 Å². The van der Waals surface area contributed by atoms with Gasteiger partial charge in [0, 0.05) is 51.9 Å². The van der Waals surface area contributed by atoms with E-state index < -0.39 is 0 Å². The molecule has 0 saturated heterocycles. The normalized spacial score (nSPS) is 11.1. The first-order valence-corrected chi connectivity index (χ1v) is 8.38. The maximum absolute atomic E-state index is 11.7. The molecule has 0 aliphatic heterocycles. The number of methoxy groups -OCH3 is 1. The van der Waals surface area contributed by atoms with Gasteiger partial charge in [-0.2, -0.15) is 0 Å². The number of carbonyl (C=O) groups is 1. The van der Waals surface area contributed by atoms with E-state index in [1.54, 1.807) is 21.2 Å². The number of aromatic amines is 1. The molecule has 2 aromatic rings. The zero-order valence-corrected chi connectivity index (χ0v) is 17.9. The lowest BCUT2D eigenvalue weighted by molar-refractivity contribution is -0.127. The molecule has 26 heavy (non-hydrogen) atoms. The summed E-state index contributed by atoms with van der Waals surface area (Å²) in [6.45, 7) is 2.03. The van der Waals surface area contributed by atoms with Gasteiger partial charge in [0.15, 0.2) is 5.96 Å². The lowest BCUT2D eigenvalue weighted by atomic mass is 10.2. The number of H-pyrrole nitrogens is 1. The van der Waals surface area contributed by atoms with Crippen molar-refractivity contribution in [1.82, 2.24) is 20.5 Å². The van der Waals surface area contributed by atoms with Gasteiger partial charge in [-0.1, -0.05) is 18.2 Å². The van der Waals surface area contributed by atoms with Crippen molar-refractivity contribution < 1.29 is 9.53 Å². The van der Waals surface area contributed by atoms with E-state index >= 15 is 0 Å². The third kappa shape index (κ3) is 7.20. The van der Waals surface area contributed by atoms with Crippen molar-refractivity contribution in [2.24, 2.45) is 4.99 Å². The molecule has 8 heteroatoms. The summed E-state index contributed by atoms with van der Waals surface area (Å²) in [5.74, 6) is 0.576. The van der Waals surface area contributed by atoms with Crippen molar-refractivity contribution in [1.29, 1.82) is 0 Å². The second-order valence-electron chi connectivity index (χ2n) is 5.93. The average Bonchev–Trinajstić information content (AvgIpc) is 3.01. The van der Waals surface area contributed by atoms with Crippen molar-refractivity contribution in [2.75, 3.05) is 47.4 Å². The van der Waals surface area contributed by atoms with Gasteiger partial charge in [0.25, 0.3) is 0 Å². The molecule has 0 aliphatic rings. The Kier molecular flexibility index (Phi) is 10.0. The van der Waals surface area contributed by atoms with E-state index in [0.29, 0.717) is 25.7 Å². The largest absolute Gasteiger partial charge is 0.383 e. The van der Waals surface area contributed by atoms with Crippen LogP contribution in [0.15, 0.2) is 35.3 Å².